The highest BCUT2D eigenvalue weighted by molar-refractivity contribution is 5.91. The van der Waals surface area contributed by atoms with E-state index in [0.29, 0.717) is 61.2 Å². The van der Waals surface area contributed by atoms with Gasteiger partial charge >= 0.3 is 6.03 Å². The summed E-state index contributed by atoms with van der Waals surface area (Å²) in [6.45, 7) is 2.99. The molecule has 1 saturated heterocycles. The number of rotatable bonds is 6. The van der Waals surface area contributed by atoms with Crippen molar-refractivity contribution in [2.75, 3.05) is 45.7 Å². The van der Waals surface area contributed by atoms with Gasteiger partial charge in [-0.3, -0.25) is 9.47 Å². The number of methoxy groups -OCH3 is 2. The van der Waals surface area contributed by atoms with Crippen LogP contribution >= 0.6 is 0 Å². The molecule has 0 aliphatic carbocycles. The molecule has 0 atom stereocenters. The van der Waals surface area contributed by atoms with E-state index in [2.05, 4.69) is 15.2 Å². The molecule has 2 aromatic heterocycles. The number of fused-ring (bicyclic) bond motifs is 1. The van der Waals surface area contributed by atoms with Crippen LogP contribution in [0.4, 0.5) is 14.9 Å². The van der Waals surface area contributed by atoms with Gasteiger partial charge in [-0.25, -0.2) is 19.2 Å². The van der Waals surface area contributed by atoms with E-state index in [-0.39, 0.29) is 11.8 Å². The van der Waals surface area contributed by atoms with E-state index in [1.165, 1.54) is 12.1 Å². The van der Waals surface area contributed by atoms with E-state index in [9.17, 15) is 9.18 Å². The van der Waals surface area contributed by atoms with E-state index in [1.54, 1.807) is 49.6 Å². The van der Waals surface area contributed by atoms with Crippen molar-refractivity contribution in [2.45, 2.75) is 6.54 Å². The molecule has 1 N–H and O–H groups in total. The molecule has 2 amide bonds. The molecule has 1 aliphatic heterocycles. The number of imidazole rings is 1. The first kappa shape index (κ1) is 23.6. The quantitative estimate of drug-likeness (QED) is 0.441. The van der Waals surface area contributed by atoms with Crippen molar-refractivity contribution >= 4 is 22.9 Å². The van der Waals surface area contributed by atoms with Crippen LogP contribution in [0.5, 0.6) is 11.5 Å². The lowest BCUT2D eigenvalue weighted by atomic mass is 10.2. The normalized spacial score (nSPS) is 14.1. The second-order valence-electron chi connectivity index (χ2n) is 8.45. The zero-order valence-electron chi connectivity index (χ0n) is 20.1. The zero-order valence-corrected chi connectivity index (χ0v) is 20.1. The second kappa shape index (κ2) is 10.2. The molecule has 0 radical (unpaired) electrons. The van der Waals surface area contributed by atoms with Crippen LogP contribution in [0.25, 0.3) is 16.9 Å². The maximum atomic E-state index is 14.0. The summed E-state index contributed by atoms with van der Waals surface area (Å²) in [4.78, 5) is 26.2. The first-order valence-corrected chi connectivity index (χ1v) is 11.6. The third-order valence-electron chi connectivity index (χ3n) is 6.22. The topological polar surface area (TPSA) is 84.8 Å². The van der Waals surface area contributed by atoms with Crippen LogP contribution in [0.1, 0.15) is 5.82 Å². The molecule has 0 unspecified atom stereocenters. The lowest BCUT2D eigenvalue weighted by molar-refractivity contribution is 0.140. The minimum atomic E-state index is -0.316. The Labute approximate surface area is 208 Å². The summed E-state index contributed by atoms with van der Waals surface area (Å²) in [6, 6.07) is 15.2. The number of urea groups is 1. The smallest absolute Gasteiger partial charge is 0.322 e. The van der Waals surface area contributed by atoms with Gasteiger partial charge in [0.25, 0.3) is 0 Å². The van der Waals surface area contributed by atoms with Crippen molar-refractivity contribution in [3.63, 3.8) is 0 Å². The van der Waals surface area contributed by atoms with Crippen LogP contribution in [0.3, 0.4) is 0 Å². The molecule has 9 nitrogen and oxygen atoms in total. The maximum Gasteiger partial charge on any atom is 0.322 e. The molecule has 0 saturated carbocycles. The number of anilines is 1. The summed E-state index contributed by atoms with van der Waals surface area (Å²) >= 11 is 0. The predicted molar refractivity (Wildman–Crippen MR) is 134 cm³/mol. The predicted octanol–water partition coefficient (Wildman–Crippen LogP) is 3.93. The van der Waals surface area contributed by atoms with Crippen LogP contribution in [0.15, 0.2) is 60.8 Å². The van der Waals surface area contributed by atoms with Gasteiger partial charge in [-0.1, -0.05) is 6.07 Å². The Morgan fingerprint density at radius 2 is 1.86 bits per heavy atom. The molecule has 2 aromatic carbocycles. The van der Waals surface area contributed by atoms with Gasteiger partial charge in [-0.15, -0.1) is 0 Å². The number of aromatic nitrogens is 3. The molecule has 186 valence electrons. The first-order valence-electron chi connectivity index (χ1n) is 11.6. The summed E-state index contributed by atoms with van der Waals surface area (Å²) in [5, 5.41) is 2.93. The number of halogens is 1. The van der Waals surface area contributed by atoms with Crippen LogP contribution < -0.4 is 14.8 Å². The van der Waals surface area contributed by atoms with Crippen LogP contribution in [0.2, 0.25) is 0 Å². The highest BCUT2D eigenvalue weighted by Gasteiger charge is 2.24. The Bertz CT molecular complexity index is 1380. The Morgan fingerprint density at radius 3 is 2.61 bits per heavy atom. The van der Waals surface area contributed by atoms with E-state index in [0.717, 1.165) is 11.3 Å². The van der Waals surface area contributed by atoms with E-state index in [4.69, 9.17) is 14.5 Å². The molecule has 5 rings (SSSR count). The zero-order chi connectivity index (χ0) is 25.1. The number of carbonyl (C=O) groups is 1. The molecule has 36 heavy (non-hydrogen) atoms. The van der Waals surface area contributed by atoms with Gasteiger partial charge in [0.2, 0.25) is 0 Å². The van der Waals surface area contributed by atoms with E-state index < -0.39 is 0 Å². The molecule has 1 fully saturated rings. The number of hydrogen-bond donors (Lipinski definition) is 1. The number of piperazine rings is 1. The largest absolute Gasteiger partial charge is 0.497 e. The number of ether oxygens (including phenoxy) is 2. The summed E-state index contributed by atoms with van der Waals surface area (Å²) in [5.41, 5.74) is 2.67. The van der Waals surface area contributed by atoms with Gasteiger partial charge < -0.3 is 19.7 Å². The monoisotopic (exact) mass is 490 g/mol. The first-order chi connectivity index (χ1) is 17.6. The molecule has 0 spiro atoms. The van der Waals surface area contributed by atoms with Crippen LogP contribution in [-0.4, -0.2) is 70.8 Å². The summed E-state index contributed by atoms with van der Waals surface area (Å²) in [5.74, 6) is 1.65. The fourth-order valence-corrected chi connectivity index (χ4v) is 4.37. The highest BCUT2D eigenvalue weighted by Crippen LogP contribution is 2.29. The fraction of sp³-hybridized carbons (Fsp3) is 0.269. The summed E-state index contributed by atoms with van der Waals surface area (Å²) in [6.07, 6.45) is 1.71. The molecular formula is C26H27FN6O3. The molecule has 4 aromatic rings. The molecule has 10 heteroatoms. The van der Waals surface area contributed by atoms with Gasteiger partial charge in [0.1, 0.15) is 28.7 Å². The van der Waals surface area contributed by atoms with Gasteiger partial charge in [0, 0.05) is 38.4 Å². The summed E-state index contributed by atoms with van der Waals surface area (Å²) < 4.78 is 26.5. The lowest BCUT2D eigenvalue weighted by Gasteiger charge is -2.34. The standard InChI is InChI=1S/C26H27FN6O3/c1-35-20-8-9-23(36-2)22(16-20)30-26(34)32-13-11-31(12-14-32)17-24-29-21-7-4-10-28-25(21)33(24)19-6-3-5-18(27)15-19/h3-10,15-16H,11-14,17H2,1-2H3,(H,30,34). The average Bonchev–Trinajstić information content (AvgIpc) is 3.26. The van der Waals surface area contributed by atoms with Crippen molar-refractivity contribution in [3.05, 3.63) is 72.4 Å². The van der Waals surface area contributed by atoms with E-state index in [1.807, 2.05) is 22.8 Å². The Kier molecular flexibility index (Phi) is 6.68. The second-order valence-corrected chi connectivity index (χ2v) is 8.45. The number of benzene rings is 2. The van der Waals surface area contributed by atoms with Crippen molar-refractivity contribution in [1.82, 2.24) is 24.3 Å². The molecule has 0 bridgehead atoms. The van der Waals surface area contributed by atoms with Crippen LogP contribution in [-0.2, 0) is 6.54 Å². The van der Waals surface area contributed by atoms with Crippen LogP contribution in [0, 0.1) is 5.82 Å². The van der Waals surface area contributed by atoms with E-state index >= 15 is 0 Å². The van der Waals surface area contributed by atoms with Gasteiger partial charge in [0.05, 0.1) is 32.1 Å². The third-order valence-corrected chi connectivity index (χ3v) is 6.22. The Morgan fingerprint density at radius 1 is 1.03 bits per heavy atom. The SMILES string of the molecule is COc1ccc(OC)c(NC(=O)N2CCN(Cc3nc4cccnc4n3-c3cccc(F)c3)CC2)c1. The average molecular weight is 491 g/mol. The number of amides is 2. The summed E-state index contributed by atoms with van der Waals surface area (Å²) in [7, 11) is 3.13. The minimum Gasteiger partial charge on any atom is -0.497 e. The van der Waals surface area contributed by atoms with Crippen molar-refractivity contribution in [1.29, 1.82) is 0 Å². The Hall–Kier alpha value is -4.18. The van der Waals surface area contributed by atoms with Crippen molar-refractivity contribution in [3.8, 4) is 17.2 Å². The van der Waals surface area contributed by atoms with Gasteiger partial charge in [-0.2, -0.15) is 0 Å². The molecular weight excluding hydrogens is 463 g/mol. The minimum absolute atomic E-state index is 0.197. The maximum absolute atomic E-state index is 14.0. The van der Waals surface area contributed by atoms with Crippen molar-refractivity contribution < 1.29 is 18.7 Å². The Balaban J connectivity index is 1.28. The third kappa shape index (κ3) is 4.80. The number of nitrogens with one attached hydrogen (secondary N) is 1. The van der Waals surface area contributed by atoms with Gasteiger partial charge in [0.15, 0.2) is 5.65 Å². The van der Waals surface area contributed by atoms with Gasteiger partial charge in [-0.05, 0) is 42.5 Å². The molecule has 1 aliphatic rings. The lowest BCUT2D eigenvalue weighted by Crippen LogP contribution is -2.49. The molecule has 3 heterocycles. The number of carbonyl (C=O) groups excluding carboxylic acids is 1. The highest BCUT2D eigenvalue weighted by atomic mass is 19.1. The number of hydrogen-bond acceptors (Lipinski definition) is 6. The number of nitrogens with zero attached hydrogens (tertiary/aromatic N) is 5. The number of pyridine rings is 1. The van der Waals surface area contributed by atoms with Crippen molar-refractivity contribution in [2.24, 2.45) is 0 Å². The fourth-order valence-electron chi connectivity index (χ4n) is 4.37.